The van der Waals surface area contributed by atoms with E-state index in [9.17, 15) is 0 Å². The lowest BCUT2D eigenvalue weighted by molar-refractivity contribution is 0.0992. The molecule has 0 saturated carbocycles. The number of rotatable bonds is 6. The summed E-state index contributed by atoms with van der Waals surface area (Å²) in [6.45, 7) is 1.37. The number of hydrogen-bond donors (Lipinski definition) is 3. The fraction of sp³-hybridized carbons (Fsp3) is 0.444. The van der Waals surface area contributed by atoms with Gasteiger partial charge in [0.1, 0.15) is 5.52 Å². The van der Waals surface area contributed by atoms with Gasteiger partial charge in [0.15, 0.2) is 11.5 Å². The predicted molar refractivity (Wildman–Crippen MR) is 63.1 cm³/mol. The maximum absolute atomic E-state index is 8.54. The lowest BCUT2D eigenvalue weighted by Gasteiger charge is -2.06. The Morgan fingerprint density at radius 1 is 1.41 bits per heavy atom. The van der Waals surface area contributed by atoms with Gasteiger partial charge in [-0.15, -0.1) is 0 Å². The van der Waals surface area contributed by atoms with E-state index in [2.05, 4.69) is 25.3 Å². The number of hydrogen-bond acceptors (Lipinski definition) is 6. The molecule has 8 heteroatoms. The first-order valence-corrected chi connectivity index (χ1v) is 5.48. The van der Waals surface area contributed by atoms with Crippen LogP contribution < -0.4 is 5.32 Å². The number of aliphatic hydroxyl groups is 1. The van der Waals surface area contributed by atoms with Crippen molar-refractivity contribution in [3.8, 4) is 0 Å². The highest BCUT2D eigenvalue weighted by Gasteiger charge is 2.07. The van der Waals surface area contributed by atoms with E-state index < -0.39 is 0 Å². The number of ether oxygens (including phenoxy) is 1. The summed E-state index contributed by atoms with van der Waals surface area (Å²) >= 11 is 5.76. The number of H-pyrrole nitrogens is 1. The topological polar surface area (TPSA) is 96.0 Å². The van der Waals surface area contributed by atoms with Gasteiger partial charge in [0.2, 0.25) is 5.28 Å². The number of aliphatic hydroxyl groups excluding tert-OH is 1. The van der Waals surface area contributed by atoms with Gasteiger partial charge in [-0.3, -0.25) is 0 Å². The maximum atomic E-state index is 8.54. The van der Waals surface area contributed by atoms with Crippen molar-refractivity contribution in [3.63, 3.8) is 0 Å². The van der Waals surface area contributed by atoms with Gasteiger partial charge in [0.05, 0.1) is 26.1 Å². The van der Waals surface area contributed by atoms with E-state index in [1.165, 1.54) is 6.33 Å². The van der Waals surface area contributed by atoms with Crippen molar-refractivity contribution in [1.29, 1.82) is 0 Å². The number of imidazole rings is 1. The first kappa shape index (κ1) is 12.0. The van der Waals surface area contributed by atoms with Gasteiger partial charge in [0.25, 0.3) is 0 Å². The van der Waals surface area contributed by atoms with Crippen LogP contribution in [0.5, 0.6) is 0 Å². The molecule has 17 heavy (non-hydrogen) atoms. The predicted octanol–water partition coefficient (Wildman–Crippen LogP) is 0.427. The smallest absolute Gasteiger partial charge is 0.226 e. The van der Waals surface area contributed by atoms with E-state index in [0.29, 0.717) is 36.7 Å². The standard InChI is InChI=1S/C9H12ClN5O2/c10-9-14-7(11-1-3-17-4-2-16)6-8(15-9)13-5-12-6/h5,16H,1-4H2,(H2,11,12,13,14,15). The normalized spacial score (nSPS) is 10.9. The van der Waals surface area contributed by atoms with Crippen LogP contribution in [0.15, 0.2) is 6.33 Å². The van der Waals surface area contributed by atoms with Crippen molar-refractivity contribution in [3.05, 3.63) is 11.6 Å². The zero-order valence-corrected chi connectivity index (χ0v) is 9.74. The molecular weight excluding hydrogens is 246 g/mol. The first-order valence-electron chi connectivity index (χ1n) is 5.10. The minimum absolute atomic E-state index is 0.0180. The molecule has 0 atom stereocenters. The van der Waals surface area contributed by atoms with Gasteiger partial charge in [-0.25, -0.2) is 4.98 Å². The van der Waals surface area contributed by atoms with E-state index in [-0.39, 0.29) is 11.9 Å². The van der Waals surface area contributed by atoms with Crippen molar-refractivity contribution in [2.45, 2.75) is 0 Å². The minimum atomic E-state index is 0.0180. The van der Waals surface area contributed by atoms with E-state index in [1.807, 2.05) is 0 Å². The van der Waals surface area contributed by atoms with Gasteiger partial charge in [-0.2, -0.15) is 9.97 Å². The van der Waals surface area contributed by atoms with Crippen LogP contribution in [0, 0.1) is 0 Å². The largest absolute Gasteiger partial charge is 0.394 e. The molecule has 2 heterocycles. The Hall–Kier alpha value is -1.44. The Bertz CT molecular complexity index is 489. The number of nitrogens with zero attached hydrogens (tertiary/aromatic N) is 3. The van der Waals surface area contributed by atoms with E-state index in [4.69, 9.17) is 21.4 Å². The summed E-state index contributed by atoms with van der Waals surface area (Å²) in [5, 5.41) is 11.7. The highest BCUT2D eigenvalue weighted by atomic mass is 35.5. The molecule has 92 valence electrons. The molecule has 0 aromatic carbocycles. The number of anilines is 1. The molecule has 0 aliphatic carbocycles. The van der Waals surface area contributed by atoms with E-state index >= 15 is 0 Å². The fourth-order valence-electron chi connectivity index (χ4n) is 1.34. The van der Waals surface area contributed by atoms with Crippen LogP contribution >= 0.6 is 11.6 Å². The molecule has 2 aromatic heterocycles. The van der Waals surface area contributed by atoms with Crippen LogP contribution in [0.2, 0.25) is 5.28 Å². The second kappa shape index (κ2) is 5.76. The first-order chi connectivity index (χ1) is 8.31. The molecule has 0 bridgehead atoms. The van der Waals surface area contributed by atoms with Crippen LogP contribution in [0.1, 0.15) is 0 Å². The monoisotopic (exact) mass is 257 g/mol. The van der Waals surface area contributed by atoms with Gasteiger partial charge in [-0.05, 0) is 11.6 Å². The molecule has 0 unspecified atom stereocenters. The SMILES string of the molecule is OCCOCCNc1nc(Cl)nc2nc[nH]c12. The van der Waals surface area contributed by atoms with E-state index in [0.717, 1.165) is 0 Å². The Morgan fingerprint density at radius 3 is 3.12 bits per heavy atom. The number of nitrogens with one attached hydrogen (secondary N) is 2. The Balaban J connectivity index is 2.00. The number of aromatic nitrogens is 4. The van der Waals surface area contributed by atoms with Crippen LogP contribution in [0.4, 0.5) is 5.82 Å². The zero-order valence-electron chi connectivity index (χ0n) is 8.98. The second-order valence-corrected chi connectivity index (χ2v) is 3.54. The van der Waals surface area contributed by atoms with Gasteiger partial charge in [0, 0.05) is 6.54 Å². The lowest BCUT2D eigenvalue weighted by atomic mass is 10.5. The molecule has 7 nitrogen and oxygen atoms in total. The highest BCUT2D eigenvalue weighted by Crippen LogP contribution is 2.17. The van der Waals surface area contributed by atoms with Gasteiger partial charge < -0.3 is 20.1 Å². The van der Waals surface area contributed by atoms with Gasteiger partial charge in [-0.1, -0.05) is 0 Å². The second-order valence-electron chi connectivity index (χ2n) is 3.21. The summed E-state index contributed by atoms with van der Waals surface area (Å²) in [6.07, 6.45) is 1.53. The lowest BCUT2D eigenvalue weighted by Crippen LogP contribution is -2.12. The number of fused-ring (bicyclic) bond motifs is 1. The number of halogens is 1. The summed E-state index contributed by atoms with van der Waals surface area (Å²) in [7, 11) is 0. The molecule has 0 amide bonds. The van der Waals surface area contributed by atoms with Crippen molar-refractivity contribution in [2.24, 2.45) is 0 Å². The van der Waals surface area contributed by atoms with Crippen molar-refractivity contribution in [2.75, 3.05) is 31.7 Å². The van der Waals surface area contributed by atoms with Crippen LogP contribution in [0.25, 0.3) is 11.2 Å². The van der Waals surface area contributed by atoms with Crippen LogP contribution in [0.3, 0.4) is 0 Å². The Labute approximate surface area is 102 Å². The molecule has 0 spiro atoms. The third kappa shape index (κ3) is 3.02. The van der Waals surface area contributed by atoms with Crippen molar-refractivity contribution in [1.82, 2.24) is 19.9 Å². The zero-order chi connectivity index (χ0) is 12.1. The summed E-state index contributed by atoms with van der Waals surface area (Å²) in [6, 6.07) is 0. The van der Waals surface area contributed by atoms with Crippen LogP contribution in [-0.2, 0) is 4.74 Å². The number of aromatic amines is 1. The maximum Gasteiger partial charge on any atom is 0.226 e. The molecule has 2 rings (SSSR count). The Morgan fingerprint density at radius 2 is 2.29 bits per heavy atom. The molecular formula is C9H12ClN5O2. The van der Waals surface area contributed by atoms with E-state index in [1.54, 1.807) is 0 Å². The third-order valence-electron chi connectivity index (χ3n) is 2.03. The molecule has 0 fully saturated rings. The summed E-state index contributed by atoms with van der Waals surface area (Å²) < 4.78 is 5.11. The van der Waals surface area contributed by atoms with Gasteiger partial charge >= 0.3 is 0 Å². The van der Waals surface area contributed by atoms with Crippen LogP contribution in [-0.4, -0.2) is 51.4 Å². The quantitative estimate of drug-likeness (QED) is 0.513. The Kier molecular flexibility index (Phi) is 4.08. The third-order valence-corrected chi connectivity index (χ3v) is 2.20. The molecule has 0 saturated heterocycles. The molecule has 0 aliphatic heterocycles. The average Bonchev–Trinajstić information content (AvgIpc) is 2.76. The minimum Gasteiger partial charge on any atom is -0.394 e. The summed E-state index contributed by atoms with van der Waals surface area (Å²) in [5.74, 6) is 0.588. The van der Waals surface area contributed by atoms with Crippen molar-refractivity contribution >= 4 is 28.6 Å². The van der Waals surface area contributed by atoms with Crippen molar-refractivity contribution < 1.29 is 9.84 Å². The summed E-state index contributed by atoms with van der Waals surface area (Å²) in [4.78, 5) is 15.0. The molecule has 0 aliphatic rings. The molecule has 0 radical (unpaired) electrons. The average molecular weight is 258 g/mol. The highest BCUT2D eigenvalue weighted by molar-refractivity contribution is 6.28. The molecule has 3 N–H and O–H groups in total. The fourth-order valence-corrected chi connectivity index (χ4v) is 1.51. The molecule has 2 aromatic rings. The summed E-state index contributed by atoms with van der Waals surface area (Å²) in [5.41, 5.74) is 1.22.